The molecular weight excluding hydrogens is 235 g/mol. The number of methoxy groups -OCH3 is 1. The zero-order valence-corrected chi connectivity index (χ0v) is 10.2. The van der Waals surface area contributed by atoms with Crippen LogP contribution < -0.4 is 10.5 Å². The molecule has 0 saturated carbocycles. The van der Waals surface area contributed by atoms with E-state index in [0.29, 0.717) is 6.54 Å². The SMILES string of the molecule is COc1ccc([CH][C@@H]2CCCN2C(N)=O)cc1F. The van der Waals surface area contributed by atoms with Crippen LogP contribution in [0.25, 0.3) is 0 Å². The van der Waals surface area contributed by atoms with Crippen molar-refractivity contribution in [2.75, 3.05) is 13.7 Å². The summed E-state index contributed by atoms with van der Waals surface area (Å²) in [7, 11) is 1.42. The minimum absolute atomic E-state index is 0.0460. The summed E-state index contributed by atoms with van der Waals surface area (Å²) in [6.07, 6.45) is 3.64. The van der Waals surface area contributed by atoms with E-state index in [9.17, 15) is 9.18 Å². The molecule has 1 aromatic rings. The summed E-state index contributed by atoms with van der Waals surface area (Å²) in [4.78, 5) is 12.8. The standard InChI is InChI=1S/C13H16FN2O2/c1-18-12-5-4-9(8-11(12)14)7-10-3-2-6-16(10)13(15)17/h4-5,7-8,10H,2-3,6H2,1H3,(H2,15,17)/t10-/m0/s1. The lowest BCUT2D eigenvalue weighted by atomic mass is 10.0. The monoisotopic (exact) mass is 251 g/mol. The van der Waals surface area contributed by atoms with Gasteiger partial charge in [-0.3, -0.25) is 0 Å². The molecule has 97 valence electrons. The maximum atomic E-state index is 13.5. The number of likely N-dealkylation sites (tertiary alicyclic amines) is 1. The van der Waals surface area contributed by atoms with Gasteiger partial charge >= 0.3 is 6.03 Å². The fourth-order valence-electron chi connectivity index (χ4n) is 2.25. The van der Waals surface area contributed by atoms with Crippen molar-refractivity contribution in [1.82, 2.24) is 4.90 Å². The number of hydrogen-bond acceptors (Lipinski definition) is 2. The molecule has 1 saturated heterocycles. The van der Waals surface area contributed by atoms with Gasteiger partial charge in [0, 0.05) is 19.0 Å². The molecule has 2 amide bonds. The molecule has 5 heteroatoms. The van der Waals surface area contributed by atoms with Gasteiger partial charge in [0.15, 0.2) is 11.6 Å². The summed E-state index contributed by atoms with van der Waals surface area (Å²) in [5.41, 5.74) is 6.02. The number of ether oxygens (including phenoxy) is 1. The number of carbonyl (C=O) groups excluding carboxylic acids is 1. The fraction of sp³-hybridized carbons (Fsp3) is 0.385. The van der Waals surface area contributed by atoms with E-state index >= 15 is 0 Å². The molecule has 1 radical (unpaired) electrons. The summed E-state index contributed by atoms with van der Waals surface area (Å²) in [6, 6.07) is 4.26. The molecule has 0 aliphatic carbocycles. The Bertz CT molecular complexity index is 451. The molecule has 0 unspecified atom stereocenters. The number of halogens is 1. The second-order valence-corrected chi connectivity index (χ2v) is 4.30. The molecule has 2 N–H and O–H groups in total. The van der Waals surface area contributed by atoms with Crippen molar-refractivity contribution in [3.8, 4) is 5.75 Å². The van der Waals surface area contributed by atoms with Crippen LogP contribution >= 0.6 is 0 Å². The van der Waals surface area contributed by atoms with E-state index in [0.717, 1.165) is 18.4 Å². The smallest absolute Gasteiger partial charge is 0.315 e. The van der Waals surface area contributed by atoms with Crippen LogP contribution in [0.15, 0.2) is 18.2 Å². The Kier molecular flexibility index (Phi) is 3.69. The van der Waals surface area contributed by atoms with Crippen molar-refractivity contribution in [3.63, 3.8) is 0 Å². The highest BCUT2D eigenvalue weighted by atomic mass is 19.1. The minimum atomic E-state index is -0.428. The molecule has 0 aromatic heterocycles. The third-order valence-electron chi connectivity index (χ3n) is 3.14. The summed E-state index contributed by atoms with van der Waals surface area (Å²) in [5, 5.41) is 0. The number of carbonyl (C=O) groups is 1. The molecule has 2 rings (SSSR count). The predicted octanol–water partition coefficient (Wildman–Crippen LogP) is 1.93. The number of nitrogens with zero attached hydrogens (tertiary/aromatic N) is 1. The first-order valence-electron chi connectivity index (χ1n) is 5.86. The topological polar surface area (TPSA) is 55.6 Å². The van der Waals surface area contributed by atoms with Gasteiger partial charge in [-0.1, -0.05) is 6.07 Å². The molecule has 0 spiro atoms. The number of hydrogen-bond donors (Lipinski definition) is 1. The molecular formula is C13H16FN2O2. The Morgan fingerprint density at radius 2 is 2.39 bits per heavy atom. The Morgan fingerprint density at radius 3 is 3.00 bits per heavy atom. The largest absolute Gasteiger partial charge is 0.494 e. The van der Waals surface area contributed by atoms with Gasteiger partial charge < -0.3 is 15.4 Å². The number of rotatable bonds is 3. The van der Waals surface area contributed by atoms with E-state index < -0.39 is 11.8 Å². The fourth-order valence-corrected chi connectivity index (χ4v) is 2.25. The Labute approximate surface area is 106 Å². The second kappa shape index (κ2) is 5.25. The number of urea groups is 1. The Morgan fingerprint density at radius 1 is 1.61 bits per heavy atom. The molecule has 0 bridgehead atoms. The van der Waals surface area contributed by atoms with Gasteiger partial charge in [0.05, 0.1) is 7.11 Å². The van der Waals surface area contributed by atoms with Gasteiger partial charge in [0.1, 0.15) is 0 Å². The number of amides is 2. The van der Waals surface area contributed by atoms with Crippen molar-refractivity contribution in [2.45, 2.75) is 18.9 Å². The van der Waals surface area contributed by atoms with Crippen LogP contribution in [0.5, 0.6) is 5.75 Å². The number of nitrogens with two attached hydrogens (primary N) is 1. The van der Waals surface area contributed by atoms with Gasteiger partial charge in [0.25, 0.3) is 0 Å². The maximum Gasteiger partial charge on any atom is 0.315 e. The van der Waals surface area contributed by atoms with Gasteiger partial charge in [-0.15, -0.1) is 0 Å². The Balaban J connectivity index is 2.09. The first-order chi connectivity index (χ1) is 8.61. The maximum absolute atomic E-state index is 13.5. The molecule has 1 aromatic carbocycles. The predicted molar refractivity (Wildman–Crippen MR) is 65.7 cm³/mol. The highest BCUT2D eigenvalue weighted by Crippen LogP contribution is 2.25. The van der Waals surface area contributed by atoms with Gasteiger partial charge in [0.2, 0.25) is 0 Å². The minimum Gasteiger partial charge on any atom is -0.494 e. The highest BCUT2D eigenvalue weighted by Gasteiger charge is 2.27. The molecule has 1 aliphatic heterocycles. The zero-order chi connectivity index (χ0) is 13.1. The average molecular weight is 251 g/mol. The molecule has 1 atom stereocenters. The zero-order valence-electron chi connectivity index (χ0n) is 10.2. The van der Waals surface area contributed by atoms with Crippen LogP contribution in [-0.4, -0.2) is 30.6 Å². The third kappa shape index (κ3) is 2.55. The first-order valence-corrected chi connectivity index (χ1v) is 5.86. The first kappa shape index (κ1) is 12.7. The van der Waals surface area contributed by atoms with E-state index in [1.807, 2.05) is 6.42 Å². The normalized spacial score (nSPS) is 19.0. The van der Waals surface area contributed by atoms with Crippen LogP contribution in [-0.2, 0) is 0 Å². The lowest BCUT2D eigenvalue weighted by molar-refractivity contribution is 0.208. The molecule has 1 heterocycles. The van der Waals surface area contributed by atoms with Crippen LogP contribution in [0.2, 0.25) is 0 Å². The van der Waals surface area contributed by atoms with E-state index in [1.165, 1.54) is 13.2 Å². The summed E-state index contributed by atoms with van der Waals surface area (Å²) >= 11 is 0. The van der Waals surface area contributed by atoms with Crippen molar-refractivity contribution >= 4 is 6.03 Å². The highest BCUT2D eigenvalue weighted by molar-refractivity contribution is 5.73. The van der Waals surface area contributed by atoms with Crippen LogP contribution in [0.1, 0.15) is 18.4 Å². The average Bonchev–Trinajstić information content (AvgIpc) is 2.77. The van der Waals surface area contributed by atoms with Crippen LogP contribution in [0.4, 0.5) is 9.18 Å². The van der Waals surface area contributed by atoms with Crippen LogP contribution in [0.3, 0.4) is 0 Å². The van der Waals surface area contributed by atoms with Crippen molar-refractivity contribution in [2.24, 2.45) is 5.73 Å². The van der Waals surface area contributed by atoms with Crippen molar-refractivity contribution in [1.29, 1.82) is 0 Å². The van der Waals surface area contributed by atoms with Gasteiger partial charge in [-0.25, -0.2) is 9.18 Å². The summed E-state index contributed by atoms with van der Waals surface area (Å²) in [5.74, 6) is -0.194. The second-order valence-electron chi connectivity index (χ2n) is 4.30. The molecule has 1 fully saturated rings. The van der Waals surface area contributed by atoms with Gasteiger partial charge in [-0.2, -0.15) is 0 Å². The van der Waals surface area contributed by atoms with Gasteiger partial charge in [-0.05, 0) is 30.5 Å². The van der Waals surface area contributed by atoms with E-state index in [1.54, 1.807) is 17.0 Å². The molecule has 18 heavy (non-hydrogen) atoms. The number of primary amides is 1. The quantitative estimate of drug-likeness (QED) is 0.892. The van der Waals surface area contributed by atoms with E-state index in [2.05, 4.69) is 0 Å². The summed E-state index contributed by atoms with van der Waals surface area (Å²) in [6.45, 7) is 0.662. The Hall–Kier alpha value is -1.78. The third-order valence-corrected chi connectivity index (χ3v) is 3.14. The lowest BCUT2D eigenvalue weighted by Gasteiger charge is -2.22. The van der Waals surface area contributed by atoms with E-state index in [-0.39, 0.29) is 11.8 Å². The van der Waals surface area contributed by atoms with Crippen molar-refractivity contribution < 1.29 is 13.9 Å². The van der Waals surface area contributed by atoms with Crippen molar-refractivity contribution in [3.05, 3.63) is 36.0 Å². The van der Waals surface area contributed by atoms with E-state index in [4.69, 9.17) is 10.5 Å². The number of benzene rings is 1. The summed E-state index contributed by atoms with van der Waals surface area (Å²) < 4.78 is 18.4. The molecule has 4 nitrogen and oxygen atoms in total. The molecule has 1 aliphatic rings. The lowest BCUT2D eigenvalue weighted by Crippen LogP contribution is -2.39. The van der Waals surface area contributed by atoms with Crippen LogP contribution in [0, 0.1) is 12.2 Å².